The Morgan fingerprint density at radius 1 is 1.27 bits per heavy atom. The Balaban J connectivity index is 2.10. The summed E-state index contributed by atoms with van der Waals surface area (Å²) >= 11 is 0. The molecule has 2 nitrogen and oxygen atoms in total. The van der Waals surface area contributed by atoms with Crippen LogP contribution in [0.25, 0.3) is 0 Å². The molecule has 0 aromatic rings. The lowest BCUT2D eigenvalue weighted by Gasteiger charge is -2.27. The summed E-state index contributed by atoms with van der Waals surface area (Å²) in [5.74, 6) is 0.976. The van der Waals surface area contributed by atoms with Gasteiger partial charge in [-0.05, 0) is 45.6 Å². The molecule has 2 unspecified atom stereocenters. The van der Waals surface area contributed by atoms with Crippen LogP contribution >= 0.6 is 0 Å². The molecule has 0 saturated heterocycles. The van der Waals surface area contributed by atoms with Crippen LogP contribution in [-0.2, 0) is 0 Å². The molecule has 1 N–H and O–H groups in total. The highest BCUT2D eigenvalue weighted by Crippen LogP contribution is 2.32. The van der Waals surface area contributed by atoms with Crippen molar-refractivity contribution >= 4 is 0 Å². The Hall–Kier alpha value is -0.0800. The summed E-state index contributed by atoms with van der Waals surface area (Å²) in [6.45, 7) is 12.7. The number of nitrogens with one attached hydrogen (secondary N) is 1. The third kappa shape index (κ3) is 4.52. The Labute approximate surface area is 95.4 Å². The molecule has 0 aromatic heterocycles. The number of likely N-dealkylation sites (N-methyl/N-ethyl adjacent to an activating group) is 1. The van der Waals surface area contributed by atoms with Crippen LogP contribution in [0.15, 0.2) is 0 Å². The molecule has 0 amide bonds. The summed E-state index contributed by atoms with van der Waals surface area (Å²) in [5.41, 5.74) is 0. The summed E-state index contributed by atoms with van der Waals surface area (Å²) in [4.78, 5) is 2.56. The standard InChI is InChI=1S/C13H28N2/c1-5-11(3)15(6-2)10-9-14-12(4)13-7-8-13/h11-14H,5-10H2,1-4H3. The highest BCUT2D eigenvalue weighted by Gasteiger charge is 2.27. The van der Waals surface area contributed by atoms with Gasteiger partial charge in [0.2, 0.25) is 0 Å². The predicted octanol–water partition coefficient (Wildman–Crippen LogP) is 2.49. The van der Waals surface area contributed by atoms with Gasteiger partial charge in [-0.25, -0.2) is 0 Å². The van der Waals surface area contributed by atoms with Gasteiger partial charge in [0.05, 0.1) is 0 Å². The average molecular weight is 212 g/mol. The molecule has 0 radical (unpaired) electrons. The van der Waals surface area contributed by atoms with Crippen molar-refractivity contribution in [1.29, 1.82) is 0 Å². The zero-order chi connectivity index (χ0) is 11.3. The number of nitrogens with zero attached hydrogens (tertiary/aromatic N) is 1. The van der Waals surface area contributed by atoms with Crippen LogP contribution < -0.4 is 5.32 Å². The number of rotatable bonds is 8. The molecule has 1 saturated carbocycles. The van der Waals surface area contributed by atoms with Crippen molar-refractivity contribution < 1.29 is 0 Å². The van der Waals surface area contributed by atoms with E-state index in [1.165, 1.54) is 32.4 Å². The topological polar surface area (TPSA) is 15.3 Å². The number of hydrogen-bond donors (Lipinski definition) is 1. The molecule has 90 valence electrons. The maximum atomic E-state index is 3.65. The van der Waals surface area contributed by atoms with E-state index in [0.29, 0.717) is 0 Å². The van der Waals surface area contributed by atoms with E-state index in [1.54, 1.807) is 0 Å². The normalized spacial score (nSPS) is 20.6. The van der Waals surface area contributed by atoms with Crippen LogP contribution in [0.5, 0.6) is 0 Å². The first-order valence-electron chi connectivity index (χ1n) is 6.66. The molecule has 1 aliphatic carbocycles. The maximum Gasteiger partial charge on any atom is 0.0110 e. The molecular weight excluding hydrogens is 184 g/mol. The molecule has 1 aliphatic rings. The van der Waals surface area contributed by atoms with E-state index in [1.807, 2.05) is 0 Å². The van der Waals surface area contributed by atoms with Crippen LogP contribution in [0.3, 0.4) is 0 Å². The third-order valence-electron chi connectivity index (χ3n) is 3.81. The highest BCUT2D eigenvalue weighted by molar-refractivity contribution is 4.83. The predicted molar refractivity (Wildman–Crippen MR) is 67.2 cm³/mol. The Morgan fingerprint density at radius 2 is 1.93 bits per heavy atom. The second-order valence-corrected chi connectivity index (χ2v) is 4.97. The van der Waals surface area contributed by atoms with E-state index in [4.69, 9.17) is 0 Å². The first-order valence-corrected chi connectivity index (χ1v) is 6.66. The molecule has 0 aliphatic heterocycles. The number of hydrogen-bond acceptors (Lipinski definition) is 2. The van der Waals surface area contributed by atoms with E-state index in [-0.39, 0.29) is 0 Å². The molecule has 0 heterocycles. The van der Waals surface area contributed by atoms with Gasteiger partial charge in [0, 0.05) is 25.2 Å². The van der Waals surface area contributed by atoms with Gasteiger partial charge in [-0.2, -0.15) is 0 Å². The fraction of sp³-hybridized carbons (Fsp3) is 1.00. The molecule has 0 bridgehead atoms. The van der Waals surface area contributed by atoms with Crippen LogP contribution in [0.2, 0.25) is 0 Å². The van der Waals surface area contributed by atoms with Crippen LogP contribution in [0.4, 0.5) is 0 Å². The van der Waals surface area contributed by atoms with Crippen LogP contribution in [0.1, 0.15) is 47.0 Å². The van der Waals surface area contributed by atoms with Crippen LogP contribution in [0, 0.1) is 5.92 Å². The summed E-state index contributed by atoms with van der Waals surface area (Å²) in [6.07, 6.45) is 4.14. The smallest absolute Gasteiger partial charge is 0.0110 e. The van der Waals surface area contributed by atoms with Crippen molar-refractivity contribution in [1.82, 2.24) is 10.2 Å². The third-order valence-corrected chi connectivity index (χ3v) is 3.81. The molecule has 1 rings (SSSR count). The van der Waals surface area contributed by atoms with Gasteiger partial charge in [0.25, 0.3) is 0 Å². The van der Waals surface area contributed by atoms with Crippen LogP contribution in [-0.4, -0.2) is 36.6 Å². The van der Waals surface area contributed by atoms with Gasteiger partial charge < -0.3 is 5.32 Å². The zero-order valence-electron chi connectivity index (χ0n) is 10.9. The molecule has 2 heteroatoms. The Bertz CT molecular complexity index is 166. The second kappa shape index (κ2) is 6.49. The quantitative estimate of drug-likeness (QED) is 0.665. The van der Waals surface area contributed by atoms with Crippen molar-refractivity contribution in [3.8, 4) is 0 Å². The fourth-order valence-corrected chi connectivity index (χ4v) is 2.15. The van der Waals surface area contributed by atoms with E-state index >= 15 is 0 Å². The van der Waals surface area contributed by atoms with Gasteiger partial charge in [-0.15, -0.1) is 0 Å². The van der Waals surface area contributed by atoms with Gasteiger partial charge in [0.15, 0.2) is 0 Å². The SMILES string of the molecule is CCC(C)N(CC)CCNC(C)C1CC1. The monoisotopic (exact) mass is 212 g/mol. The molecule has 1 fully saturated rings. The largest absolute Gasteiger partial charge is 0.313 e. The van der Waals surface area contributed by atoms with Gasteiger partial charge in [0.1, 0.15) is 0 Å². The van der Waals surface area contributed by atoms with Crippen molar-refractivity contribution in [3.63, 3.8) is 0 Å². The van der Waals surface area contributed by atoms with Gasteiger partial charge in [-0.1, -0.05) is 13.8 Å². The molecular formula is C13H28N2. The highest BCUT2D eigenvalue weighted by atomic mass is 15.2. The van der Waals surface area contributed by atoms with E-state index in [2.05, 4.69) is 37.9 Å². The zero-order valence-corrected chi connectivity index (χ0v) is 10.9. The lowest BCUT2D eigenvalue weighted by molar-refractivity contribution is 0.212. The molecule has 15 heavy (non-hydrogen) atoms. The summed E-state index contributed by atoms with van der Waals surface area (Å²) < 4.78 is 0. The fourth-order valence-electron chi connectivity index (χ4n) is 2.15. The van der Waals surface area contributed by atoms with Crippen molar-refractivity contribution in [2.45, 2.75) is 59.0 Å². The van der Waals surface area contributed by atoms with E-state index < -0.39 is 0 Å². The van der Waals surface area contributed by atoms with Gasteiger partial charge >= 0.3 is 0 Å². The summed E-state index contributed by atoms with van der Waals surface area (Å²) in [5, 5.41) is 3.65. The van der Waals surface area contributed by atoms with Gasteiger partial charge in [-0.3, -0.25) is 4.90 Å². The maximum absolute atomic E-state index is 3.65. The van der Waals surface area contributed by atoms with Crippen molar-refractivity contribution in [3.05, 3.63) is 0 Å². The lowest BCUT2D eigenvalue weighted by atomic mass is 10.2. The molecule has 0 spiro atoms. The summed E-state index contributed by atoms with van der Waals surface area (Å²) in [6, 6.07) is 1.47. The minimum atomic E-state index is 0.730. The molecule has 2 atom stereocenters. The minimum absolute atomic E-state index is 0.730. The van der Waals surface area contributed by atoms with E-state index in [0.717, 1.165) is 24.5 Å². The van der Waals surface area contributed by atoms with Crippen molar-refractivity contribution in [2.75, 3.05) is 19.6 Å². The summed E-state index contributed by atoms with van der Waals surface area (Å²) in [7, 11) is 0. The average Bonchev–Trinajstić information content (AvgIpc) is 3.06. The first kappa shape index (κ1) is 13.0. The second-order valence-electron chi connectivity index (χ2n) is 4.97. The first-order chi connectivity index (χ1) is 7.19. The molecule has 0 aromatic carbocycles. The Kier molecular flexibility index (Phi) is 5.62. The Morgan fingerprint density at radius 3 is 2.40 bits per heavy atom. The minimum Gasteiger partial charge on any atom is -0.313 e. The van der Waals surface area contributed by atoms with Crippen molar-refractivity contribution in [2.24, 2.45) is 5.92 Å². The lowest BCUT2D eigenvalue weighted by Crippen LogP contribution is -2.40. The van der Waals surface area contributed by atoms with E-state index in [9.17, 15) is 0 Å².